The van der Waals surface area contributed by atoms with Gasteiger partial charge in [-0.05, 0) is 139 Å². The number of anilines is 1. The monoisotopic (exact) mass is 1000 g/mol. The second-order valence-electron chi connectivity index (χ2n) is 21.2. The van der Waals surface area contributed by atoms with Gasteiger partial charge in [0.1, 0.15) is 0 Å². The molecule has 9 aromatic carbocycles. The Labute approximate surface area is 460 Å². The quantitative estimate of drug-likeness (QED) is 0.0825. The average Bonchev–Trinajstić information content (AvgIpc) is 4.21. The van der Waals surface area contributed by atoms with Gasteiger partial charge >= 0.3 is 0 Å². The standard InChI is InChI=1S/C76H62N2/c1-54(55(2)38-46-67-51-62-25-18-21-36-74(62)78(67)65-31-16-9-17-32-65)37-39-56(3)77(68-47-48-72-70(53-68)69-34-19-20-35-71(69)76(72,63-27-12-7-13-28-63)64-29-14-8-15-30-64)66-33-22-26-60-44-45-61(52-73(60)75(4,5)50-49-66)59-42-40-58(41-43-59)57-23-10-6-11-24-57/h6-32,34-53,66H,1-3,33H2,4-5H3/b26-22+,39-37-,46-38-,50-49+. The molecule has 1 atom stereocenters. The maximum atomic E-state index is 4.88. The molecule has 376 valence electrons. The van der Waals surface area contributed by atoms with E-state index in [-0.39, 0.29) is 11.5 Å². The fourth-order valence-electron chi connectivity index (χ4n) is 12.0. The van der Waals surface area contributed by atoms with Gasteiger partial charge in [-0.2, -0.15) is 0 Å². The zero-order valence-corrected chi connectivity index (χ0v) is 44.4. The van der Waals surface area contributed by atoms with E-state index in [9.17, 15) is 0 Å². The highest BCUT2D eigenvalue weighted by Crippen LogP contribution is 2.57. The van der Waals surface area contributed by atoms with Gasteiger partial charge in [0.05, 0.1) is 17.0 Å². The molecule has 0 saturated heterocycles. The molecule has 0 amide bonds. The van der Waals surface area contributed by atoms with Crippen LogP contribution < -0.4 is 4.90 Å². The molecule has 0 saturated carbocycles. The summed E-state index contributed by atoms with van der Waals surface area (Å²) < 4.78 is 2.29. The summed E-state index contributed by atoms with van der Waals surface area (Å²) in [6, 6.07) is 85.7. The van der Waals surface area contributed by atoms with E-state index in [1.54, 1.807) is 0 Å². The predicted molar refractivity (Wildman–Crippen MR) is 332 cm³/mol. The maximum absolute atomic E-state index is 4.88. The minimum atomic E-state index is -0.505. The summed E-state index contributed by atoms with van der Waals surface area (Å²) in [6.07, 6.45) is 18.6. The largest absolute Gasteiger partial charge is 0.335 e. The third kappa shape index (κ3) is 9.16. The summed E-state index contributed by atoms with van der Waals surface area (Å²) in [5.41, 5.74) is 20.9. The summed E-state index contributed by atoms with van der Waals surface area (Å²) in [7, 11) is 0. The number of hydrogen-bond donors (Lipinski definition) is 0. The van der Waals surface area contributed by atoms with Crippen LogP contribution in [0.5, 0.6) is 0 Å². The Morgan fingerprint density at radius 1 is 0.513 bits per heavy atom. The molecule has 0 bridgehead atoms. The topological polar surface area (TPSA) is 8.17 Å². The molecule has 10 aromatic rings. The zero-order chi connectivity index (χ0) is 53.2. The Bertz CT molecular complexity index is 3960. The Balaban J connectivity index is 0.917. The number of aromatic nitrogens is 1. The van der Waals surface area contributed by atoms with Crippen molar-refractivity contribution >= 4 is 28.7 Å². The molecule has 0 N–H and O–H groups in total. The molecule has 2 nitrogen and oxygen atoms in total. The van der Waals surface area contributed by atoms with Crippen LogP contribution in [-0.2, 0) is 10.8 Å². The normalized spacial score (nSPS) is 15.8. The Kier molecular flexibility index (Phi) is 13.2. The van der Waals surface area contributed by atoms with E-state index in [4.69, 9.17) is 6.58 Å². The SMILES string of the molecule is C=C(/C=C\C(=C)N(c1ccc2c(c1)-c1ccccc1C2(c1ccccc1)c1ccccc1)C1/C=C/C(C)(C)c2cc(-c3ccc(-c4ccccc4)cc3)ccc2/C=C/C1)C(=C)/C=C\c1cc2ccccc2n1-c1ccccc1. The zero-order valence-electron chi connectivity index (χ0n) is 44.4. The Morgan fingerprint density at radius 3 is 1.81 bits per heavy atom. The molecular formula is C76H62N2. The van der Waals surface area contributed by atoms with Gasteiger partial charge in [0.2, 0.25) is 0 Å². The molecule has 2 aliphatic carbocycles. The molecule has 0 fully saturated rings. The van der Waals surface area contributed by atoms with Gasteiger partial charge in [0.25, 0.3) is 0 Å². The van der Waals surface area contributed by atoms with Gasteiger partial charge in [0, 0.05) is 33.6 Å². The van der Waals surface area contributed by atoms with Crippen molar-refractivity contribution in [2.45, 2.75) is 37.1 Å². The lowest BCUT2D eigenvalue weighted by Crippen LogP contribution is -2.33. The van der Waals surface area contributed by atoms with Crippen LogP contribution in [0.3, 0.4) is 0 Å². The highest BCUT2D eigenvalue weighted by Gasteiger charge is 2.46. The van der Waals surface area contributed by atoms with Crippen molar-refractivity contribution in [2.24, 2.45) is 0 Å². The summed E-state index contributed by atoms with van der Waals surface area (Å²) in [5.74, 6) is 0. The number of allylic oxidation sites excluding steroid dienone is 6. The van der Waals surface area contributed by atoms with Crippen LogP contribution >= 0.6 is 0 Å². The van der Waals surface area contributed by atoms with E-state index in [0.29, 0.717) is 0 Å². The number of rotatable bonds is 13. The van der Waals surface area contributed by atoms with Crippen molar-refractivity contribution < 1.29 is 0 Å². The Hall–Kier alpha value is -9.50. The van der Waals surface area contributed by atoms with E-state index in [0.717, 1.165) is 45.8 Å². The predicted octanol–water partition coefficient (Wildman–Crippen LogP) is 19.3. The van der Waals surface area contributed by atoms with Crippen LogP contribution in [0.15, 0.2) is 310 Å². The number of para-hydroxylation sites is 2. The van der Waals surface area contributed by atoms with Gasteiger partial charge in [-0.1, -0.05) is 264 Å². The van der Waals surface area contributed by atoms with Gasteiger partial charge in [0.15, 0.2) is 0 Å². The van der Waals surface area contributed by atoms with E-state index >= 15 is 0 Å². The molecule has 2 aliphatic rings. The molecule has 0 radical (unpaired) electrons. The first kappa shape index (κ1) is 49.4. The van der Waals surface area contributed by atoms with E-state index < -0.39 is 5.41 Å². The second kappa shape index (κ2) is 20.9. The molecule has 0 aliphatic heterocycles. The van der Waals surface area contributed by atoms with Crippen molar-refractivity contribution in [3.05, 3.63) is 349 Å². The van der Waals surface area contributed by atoms with Crippen LogP contribution in [0.4, 0.5) is 5.69 Å². The highest BCUT2D eigenvalue weighted by atomic mass is 15.2. The summed E-state index contributed by atoms with van der Waals surface area (Å²) in [6.45, 7) is 18.6. The van der Waals surface area contributed by atoms with Crippen LogP contribution in [0, 0.1) is 0 Å². The van der Waals surface area contributed by atoms with Gasteiger partial charge in [-0.3, -0.25) is 0 Å². The lowest BCUT2D eigenvalue weighted by atomic mass is 9.68. The smallest absolute Gasteiger partial charge is 0.0713 e. The van der Waals surface area contributed by atoms with E-state index in [1.807, 2.05) is 0 Å². The van der Waals surface area contributed by atoms with Gasteiger partial charge in [-0.15, -0.1) is 0 Å². The van der Waals surface area contributed by atoms with Crippen molar-refractivity contribution in [3.63, 3.8) is 0 Å². The third-order valence-electron chi connectivity index (χ3n) is 15.9. The van der Waals surface area contributed by atoms with Crippen molar-refractivity contribution in [2.75, 3.05) is 4.90 Å². The maximum Gasteiger partial charge on any atom is 0.0713 e. The van der Waals surface area contributed by atoms with Gasteiger partial charge in [-0.25, -0.2) is 0 Å². The van der Waals surface area contributed by atoms with Crippen molar-refractivity contribution in [1.82, 2.24) is 4.57 Å². The summed E-state index contributed by atoms with van der Waals surface area (Å²) in [5, 5.41) is 1.18. The first-order valence-corrected chi connectivity index (χ1v) is 27.1. The van der Waals surface area contributed by atoms with Crippen molar-refractivity contribution in [1.29, 1.82) is 0 Å². The van der Waals surface area contributed by atoms with E-state index in [2.05, 4.69) is 322 Å². The number of benzene rings is 9. The minimum absolute atomic E-state index is 0.0871. The molecule has 1 heterocycles. The molecule has 2 heteroatoms. The fraction of sp³-hybridized carbons (Fsp3) is 0.0789. The first-order chi connectivity index (χ1) is 38.2. The lowest BCUT2D eigenvalue weighted by molar-refractivity contribution is 0.658. The highest BCUT2D eigenvalue weighted by molar-refractivity contribution is 5.89. The average molecular weight is 1000 g/mol. The van der Waals surface area contributed by atoms with Crippen molar-refractivity contribution in [3.8, 4) is 39.1 Å². The molecule has 0 spiro atoms. The molecule has 12 rings (SSSR count). The third-order valence-corrected chi connectivity index (χ3v) is 15.9. The minimum Gasteiger partial charge on any atom is -0.335 e. The summed E-state index contributed by atoms with van der Waals surface area (Å²) >= 11 is 0. The number of fused-ring (bicyclic) bond motifs is 5. The molecule has 1 aromatic heterocycles. The number of hydrogen-bond acceptors (Lipinski definition) is 1. The summed E-state index contributed by atoms with van der Waals surface area (Å²) in [4.78, 5) is 2.42. The Morgan fingerprint density at radius 2 is 1.09 bits per heavy atom. The fourth-order valence-corrected chi connectivity index (χ4v) is 12.0. The van der Waals surface area contributed by atoms with Crippen LogP contribution in [0.2, 0.25) is 0 Å². The van der Waals surface area contributed by atoms with E-state index in [1.165, 1.54) is 72.1 Å². The van der Waals surface area contributed by atoms with Gasteiger partial charge < -0.3 is 9.47 Å². The lowest BCUT2D eigenvalue weighted by Gasteiger charge is -2.35. The molecular weight excluding hydrogens is 941 g/mol. The molecule has 1 unspecified atom stereocenters. The van der Waals surface area contributed by atoms with Crippen LogP contribution in [0.25, 0.3) is 62.1 Å². The van der Waals surface area contributed by atoms with Crippen LogP contribution in [-0.4, -0.2) is 10.6 Å². The first-order valence-electron chi connectivity index (χ1n) is 27.1. The molecule has 78 heavy (non-hydrogen) atoms. The second-order valence-corrected chi connectivity index (χ2v) is 21.2. The van der Waals surface area contributed by atoms with Crippen LogP contribution in [0.1, 0.15) is 59.3 Å². The number of nitrogens with zero attached hydrogens (tertiary/aromatic N) is 2.